The molecule has 1 spiro atoms. The minimum atomic E-state index is -1.18. The number of methoxy groups -OCH3 is 1. The minimum absolute atomic E-state index is 0.324. The van der Waals surface area contributed by atoms with Crippen LogP contribution in [0.1, 0.15) is 42.5 Å². The highest BCUT2D eigenvalue weighted by Crippen LogP contribution is 2.77. The molecule has 0 bridgehead atoms. The average Bonchev–Trinajstić information content (AvgIpc) is 3.65. The molecule has 0 aromatic heterocycles. The summed E-state index contributed by atoms with van der Waals surface area (Å²) in [7, 11) is 1.19. The van der Waals surface area contributed by atoms with Crippen molar-refractivity contribution in [3.05, 3.63) is 71.8 Å². The molecule has 2 aliphatic carbocycles. The normalized spacial score (nSPS) is 28.7. The van der Waals surface area contributed by atoms with Crippen molar-refractivity contribution in [1.29, 1.82) is 0 Å². The van der Waals surface area contributed by atoms with Crippen molar-refractivity contribution in [3.63, 3.8) is 0 Å². The van der Waals surface area contributed by atoms with Crippen molar-refractivity contribution in [2.24, 2.45) is 5.41 Å². The van der Waals surface area contributed by atoms with Gasteiger partial charge >= 0.3 is 12.1 Å². The fraction of sp³-hybridized carbons (Fsp3) is 0.348. The topological polar surface area (TPSA) is 72.9 Å². The first-order valence-electron chi connectivity index (χ1n) is 9.77. The van der Waals surface area contributed by atoms with E-state index in [0.717, 1.165) is 24.0 Å². The summed E-state index contributed by atoms with van der Waals surface area (Å²) in [6.07, 6.45) is 0.987. The lowest BCUT2D eigenvalue weighted by atomic mass is 9.92. The van der Waals surface area contributed by atoms with Crippen molar-refractivity contribution in [1.82, 2.24) is 4.90 Å². The molecule has 0 N–H and O–H groups in total. The molecule has 2 aromatic rings. The number of ether oxygens (including phenoxy) is 2. The molecule has 148 valence electrons. The number of nitrogens with zero attached hydrogens (tertiary/aromatic N) is 1. The summed E-state index contributed by atoms with van der Waals surface area (Å²) in [6, 6.07) is 18.5. The van der Waals surface area contributed by atoms with E-state index in [2.05, 4.69) is 0 Å². The van der Waals surface area contributed by atoms with E-state index in [1.54, 1.807) is 0 Å². The van der Waals surface area contributed by atoms with E-state index in [4.69, 9.17) is 9.47 Å². The molecule has 0 unspecified atom stereocenters. The quantitative estimate of drug-likeness (QED) is 0.575. The van der Waals surface area contributed by atoms with Crippen LogP contribution in [-0.2, 0) is 19.1 Å². The lowest BCUT2D eigenvalue weighted by Gasteiger charge is -2.32. The first-order valence-corrected chi connectivity index (χ1v) is 9.77. The fourth-order valence-corrected chi connectivity index (χ4v) is 4.96. The van der Waals surface area contributed by atoms with E-state index >= 15 is 0 Å². The molecule has 1 amide bonds. The van der Waals surface area contributed by atoms with Gasteiger partial charge in [-0.15, -0.1) is 0 Å². The van der Waals surface area contributed by atoms with Gasteiger partial charge in [-0.3, -0.25) is 9.69 Å². The predicted octanol–water partition coefficient (Wildman–Crippen LogP) is 3.59. The van der Waals surface area contributed by atoms with Crippen LogP contribution in [0.3, 0.4) is 0 Å². The van der Waals surface area contributed by atoms with Crippen molar-refractivity contribution >= 4 is 17.8 Å². The van der Waals surface area contributed by atoms with Crippen LogP contribution in [0.4, 0.5) is 4.79 Å². The molecule has 1 aliphatic heterocycles. The van der Waals surface area contributed by atoms with Gasteiger partial charge in [-0.2, -0.15) is 0 Å². The highest BCUT2D eigenvalue weighted by atomic mass is 16.6. The first kappa shape index (κ1) is 17.9. The maximum atomic E-state index is 13.2. The van der Waals surface area contributed by atoms with Gasteiger partial charge in [0.05, 0.1) is 7.11 Å². The van der Waals surface area contributed by atoms with Crippen molar-refractivity contribution in [2.75, 3.05) is 7.11 Å². The molecule has 2 aromatic carbocycles. The Labute approximate surface area is 168 Å². The third kappa shape index (κ3) is 2.44. The fourth-order valence-electron chi connectivity index (χ4n) is 4.96. The number of carbonyl (C=O) groups excluding carboxylic acids is 3. The summed E-state index contributed by atoms with van der Waals surface area (Å²) < 4.78 is 10.6. The van der Waals surface area contributed by atoms with Gasteiger partial charge in [0, 0.05) is 5.41 Å². The Kier molecular flexibility index (Phi) is 3.81. The van der Waals surface area contributed by atoms with Crippen LogP contribution in [0, 0.1) is 5.41 Å². The van der Waals surface area contributed by atoms with Gasteiger partial charge < -0.3 is 9.47 Å². The van der Waals surface area contributed by atoms with E-state index in [1.807, 2.05) is 60.7 Å². The van der Waals surface area contributed by atoms with Gasteiger partial charge in [-0.05, 0) is 30.4 Å². The molecule has 2 saturated carbocycles. The van der Waals surface area contributed by atoms with E-state index in [9.17, 15) is 14.4 Å². The number of esters is 1. The minimum Gasteiger partial charge on any atom is -0.463 e. The van der Waals surface area contributed by atoms with Gasteiger partial charge in [0.25, 0.3) is 5.78 Å². The summed E-state index contributed by atoms with van der Waals surface area (Å²) in [5, 5.41) is 0. The van der Waals surface area contributed by atoms with Crippen LogP contribution in [0.25, 0.3) is 0 Å². The molecule has 3 fully saturated rings. The van der Waals surface area contributed by atoms with Crippen LogP contribution in [-0.4, -0.2) is 35.4 Å². The largest absolute Gasteiger partial charge is 0.463 e. The third-order valence-corrected chi connectivity index (χ3v) is 6.62. The predicted molar refractivity (Wildman–Crippen MR) is 103 cm³/mol. The van der Waals surface area contributed by atoms with Gasteiger partial charge in [0.1, 0.15) is 11.6 Å². The Bertz CT molecular complexity index is 985. The van der Waals surface area contributed by atoms with Gasteiger partial charge in [-0.1, -0.05) is 60.7 Å². The number of amides is 1. The zero-order valence-electron chi connectivity index (χ0n) is 16.0. The SMILES string of the molecule is COC(=O)C(=O)[C@@]1(N2C(=O)O[C@@H](c3ccccc3)[C@H]2c2ccccc2)CC12CC2. The molecule has 1 saturated heterocycles. The van der Waals surface area contributed by atoms with Crippen LogP contribution < -0.4 is 0 Å². The molecule has 5 rings (SSSR count). The highest BCUT2D eigenvalue weighted by molar-refractivity contribution is 6.39. The zero-order valence-corrected chi connectivity index (χ0v) is 16.0. The second-order valence-corrected chi connectivity index (χ2v) is 8.08. The zero-order chi connectivity index (χ0) is 20.2. The van der Waals surface area contributed by atoms with Crippen LogP contribution in [0.5, 0.6) is 0 Å². The molecule has 0 radical (unpaired) electrons. The molecule has 3 aliphatic rings. The number of benzene rings is 2. The second kappa shape index (κ2) is 6.17. The third-order valence-electron chi connectivity index (χ3n) is 6.62. The Morgan fingerprint density at radius 3 is 2.10 bits per heavy atom. The van der Waals surface area contributed by atoms with E-state index in [1.165, 1.54) is 12.0 Å². The Morgan fingerprint density at radius 2 is 1.59 bits per heavy atom. The van der Waals surface area contributed by atoms with E-state index in [0.29, 0.717) is 6.42 Å². The van der Waals surface area contributed by atoms with Crippen LogP contribution in [0.2, 0.25) is 0 Å². The maximum absolute atomic E-state index is 13.2. The number of Topliss-reactive ketones (excluding diaryl/α,β-unsaturated/α-hetero) is 1. The Hall–Kier alpha value is -3.15. The number of cyclic esters (lactones) is 1. The summed E-state index contributed by atoms with van der Waals surface area (Å²) in [4.78, 5) is 40.1. The number of rotatable bonds is 5. The van der Waals surface area contributed by atoms with Crippen molar-refractivity contribution < 1.29 is 23.9 Å². The van der Waals surface area contributed by atoms with Gasteiger partial charge in [-0.25, -0.2) is 9.59 Å². The molecule has 6 nitrogen and oxygen atoms in total. The van der Waals surface area contributed by atoms with Gasteiger partial charge in [0.15, 0.2) is 6.10 Å². The summed E-state index contributed by atoms with van der Waals surface area (Å²) in [6.45, 7) is 0. The molecule has 6 heteroatoms. The summed E-state index contributed by atoms with van der Waals surface area (Å²) in [5.74, 6) is -1.55. The molecular weight excluding hydrogens is 370 g/mol. The Morgan fingerprint density at radius 1 is 1.00 bits per heavy atom. The Balaban J connectivity index is 1.64. The monoisotopic (exact) mass is 391 g/mol. The lowest BCUT2D eigenvalue weighted by molar-refractivity contribution is -0.155. The first-order chi connectivity index (χ1) is 14.0. The average molecular weight is 391 g/mol. The van der Waals surface area contributed by atoms with Crippen molar-refractivity contribution in [2.45, 2.75) is 36.9 Å². The molecule has 3 atom stereocenters. The maximum Gasteiger partial charge on any atom is 0.412 e. The second-order valence-electron chi connectivity index (χ2n) is 8.08. The van der Waals surface area contributed by atoms with Crippen LogP contribution in [0.15, 0.2) is 60.7 Å². The van der Waals surface area contributed by atoms with E-state index in [-0.39, 0.29) is 5.41 Å². The molecule has 29 heavy (non-hydrogen) atoms. The number of carbonyl (C=O) groups is 3. The van der Waals surface area contributed by atoms with Gasteiger partial charge in [0.2, 0.25) is 0 Å². The number of hydrogen-bond acceptors (Lipinski definition) is 5. The van der Waals surface area contributed by atoms with E-state index < -0.39 is 35.5 Å². The lowest BCUT2D eigenvalue weighted by Crippen LogP contribution is -2.50. The standard InChI is InChI=1S/C23H21NO5/c1-28-20(26)19(25)23(14-22(23)12-13-22)24-17(15-8-4-2-5-9-15)18(29-21(24)27)16-10-6-3-7-11-16/h2-11,17-18H,12-14H2,1H3/t17-,18+,23+/m1/s1. The summed E-state index contributed by atoms with van der Waals surface area (Å²) in [5.41, 5.74) is 0.215. The smallest absolute Gasteiger partial charge is 0.412 e. The van der Waals surface area contributed by atoms with Crippen LogP contribution >= 0.6 is 0 Å². The summed E-state index contributed by atoms with van der Waals surface area (Å²) >= 11 is 0. The number of ketones is 1. The van der Waals surface area contributed by atoms with Crippen molar-refractivity contribution in [3.8, 4) is 0 Å². The highest BCUT2D eigenvalue weighted by Gasteiger charge is 2.84. The number of hydrogen-bond donors (Lipinski definition) is 0. The molecular formula is C23H21NO5. The molecule has 1 heterocycles.